The maximum atomic E-state index is 12.7. The largest absolute Gasteiger partial charge is 0.435 e. The molecule has 6 heteroatoms. The standard InChI is InChI=1S/C15H16F3N3/c1-10-2-5-13(11(8-10)9-19-12-3-4-12)21-7-6-14(20-21)15(16,17)18/h2,5-8,12,19H,3-4,9H2,1H3. The predicted molar refractivity (Wildman–Crippen MR) is 73.2 cm³/mol. The minimum absolute atomic E-state index is 0.543. The van der Waals surface area contributed by atoms with Gasteiger partial charge in [-0.2, -0.15) is 18.3 Å². The first kappa shape index (κ1) is 14.1. The molecule has 112 valence electrons. The van der Waals surface area contributed by atoms with Crippen LogP contribution in [0, 0.1) is 6.92 Å². The minimum Gasteiger partial charge on any atom is -0.310 e. The van der Waals surface area contributed by atoms with E-state index in [-0.39, 0.29) is 0 Å². The van der Waals surface area contributed by atoms with Gasteiger partial charge < -0.3 is 5.32 Å². The second-order valence-corrected chi connectivity index (χ2v) is 5.43. The molecule has 0 bridgehead atoms. The number of hydrogen-bond acceptors (Lipinski definition) is 2. The van der Waals surface area contributed by atoms with Gasteiger partial charge in [-0.15, -0.1) is 0 Å². The lowest BCUT2D eigenvalue weighted by atomic mass is 10.1. The zero-order chi connectivity index (χ0) is 15.0. The van der Waals surface area contributed by atoms with Gasteiger partial charge in [-0.25, -0.2) is 4.68 Å². The van der Waals surface area contributed by atoms with Gasteiger partial charge in [0.05, 0.1) is 5.69 Å². The fraction of sp³-hybridized carbons (Fsp3) is 0.400. The molecule has 21 heavy (non-hydrogen) atoms. The molecule has 3 nitrogen and oxygen atoms in total. The van der Waals surface area contributed by atoms with Gasteiger partial charge in [0.1, 0.15) is 0 Å². The second-order valence-electron chi connectivity index (χ2n) is 5.43. The summed E-state index contributed by atoms with van der Waals surface area (Å²) in [5.74, 6) is 0. The fourth-order valence-electron chi connectivity index (χ4n) is 2.23. The number of hydrogen-bond donors (Lipinski definition) is 1. The van der Waals surface area contributed by atoms with Crippen molar-refractivity contribution in [1.29, 1.82) is 0 Å². The Morgan fingerprint density at radius 3 is 2.67 bits per heavy atom. The lowest BCUT2D eigenvalue weighted by molar-refractivity contribution is -0.141. The molecule has 2 aromatic rings. The van der Waals surface area contributed by atoms with E-state index in [1.165, 1.54) is 23.7 Å². The van der Waals surface area contributed by atoms with E-state index in [1.807, 2.05) is 25.1 Å². The Kier molecular flexibility index (Phi) is 3.49. The number of halogens is 3. The molecule has 0 atom stereocenters. The van der Waals surface area contributed by atoms with E-state index in [4.69, 9.17) is 0 Å². The highest BCUT2D eigenvalue weighted by Gasteiger charge is 2.33. The van der Waals surface area contributed by atoms with E-state index in [2.05, 4.69) is 10.4 Å². The van der Waals surface area contributed by atoms with Crippen LogP contribution in [0.5, 0.6) is 0 Å². The second kappa shape index (κ2) is 5.18. The van der Waals surface area contributed by atoms with E-state index in [1.54, 1.807) is 0 Å². The minimum atomic E-state index is -4.41. The van der Waals surface area contributed by atoms with Crippen molar-refractivity contribution in [1.82, 2.24) is 15.1 Å². The summed E-state index contributed by atoms with van der Waals surface area (Å²) in [4.78, 5) is 0. The summed E-state index contributed by atoms with van der Waals surface area (Å²) in [5, 5.41) is 7.03. The van der Waals surface area contributed by atoms with Crippen molar-refractivity contribution < 1.29 is 13.2 Å². The maximum absolute atomic E-state index is 12.7. The molecule has 0 amide bonds. The number of aromatic nitrogens is 2. The number of nitrogens with zero attached hydrogens (tertiary/aromatic N) is 2. The average molecular weight is 295 g/mol. The van der Waals surface area contributed by atoms with Crippen LogP contribution in [-0.4, -0.2) is 15.8 Å². The monoisotopic (exact) mass is 295 g/mol. The molecule has 0 saturated heterocycles. The molecule has 0 spiro atoms. The summed E-state index contributed by atoms with van der Waals surface area (Å²) in [5.41, 5.74) is 1.85. The molecule has 1 N–H and O–H groups in total. The molecule has 1 aliphatic carbocycles. The van der Waals surface area contributed by atoms with Crippen LogP contribution in [0.4, 0.5) is 13.2 Å². The molecule has 0 unspecified atom stereocenters. The summed E-state index contributed by atoms with van der Waals surface area (Å²) >= 11 is 0. The van der Waals surface area contributed by atoms with Crippen molar-refractivity contribution in [3.8, 4) is 5.69 Å². The van der Waals surface area contributed by atoms with Gasteiger partial charge in [-0.05, 0) is 37.5 Å². The number of alkyl halides is 3. The van der Waals surface area contributed by atoms with Crippen molar-refractivity contribution in [2.45, 2.75) is 38.5 Å². The first-order valence-electron chi connectivity index (χ1n) is 6.89. The summed E-state index contributed by atoms with van der Waals surface area (Å²) < 4.78 is 39.3. The Labute approximate surface area is 120 Å². The fourth-order valence-corrected chi connectivity index (χ4v) is 2.23. The van der Waals surface area contributed by atoms with Crippen LogP contribution in [0.25, 0.3) is 5.69 Å². The Balaban J connectivity index is 1.90. The van der Waals surface area contributed by atoms with E-state index in [0.29, 0.717) is 18.3 Å². The van der Waals surface area contributed by atoms with Crippen molar-refractivity contribution >= 4 is 0 Å². The molecule has 1 aromatic heterocycles. The predicted octanol–water partition coefficient (Wildman–Crippen LogP) is 3.45. The Hall–Kier alpha value is -1.82. The lowest BCUT2D eigenvalue weighted by Gasteiger charge is -2.12. The van der Waals surface area contributed by atoms with E-state index >= 15 is 0 Å². The van der Waals surface area contributed by atoms with E-state index in [9.17, 15) is 13.2 Å². The maximum Gasteiger partial charge on any atom is 0.435 e. The van der Waals surface area contributed by atoms with Gasteiger partial charge in [0.25, 0.3) is 0 Å². The van der Waals surface area contributed by atoms with E-state index in [0.717, 1.165) is 17.2 Å². The number of rotatable bonds is 4. The SMILES string of the molecule is Cc1ccc(-n2ccc(C(F)(F)F)n2)c(CNC2CC2)c1. The first-order chi connectivity index (χ1) is 9.93. The van der Waals surface area contributed by atoms with Crippen LogP contribution in [0.2, 0.25) is 0 Å². The van der Waals surface area contributed by atoms with Crippen molar-refractivity contribution in [2.24, 2.45) is 0 Å². The summed E-state index contributed by atoms with van der Waals surface area (Å²) in [6.07, 6.45) is -0.723. The molecule has 1 heterocycles. The van der Waals surface area contributed by atoms with Crippen LogP contribution in [0.1, 0.15) is 29.7 Å². The average Bonchev–Trinajstić information content (AvgIpc) is 3.10. The quantitative estimate of drug-likeness (QED) is 0.936. The Bertz CT molecular complexity index is 642. The van der Waals surface area contributed by atoms with Gasteiger partial charge in [-0.3, -0.25) is 0 Å². The highest BCUT2D eigenvalue weighted by Crippen LogP contribution is 2.28. The third-order valence-electron chi connectivity index (χ3n) is 3.52. The molecule has 0 aliphatic heterocycles. The van der Waals surface area contributed by atoms with Crippen LogP contribution < -0.4 is 5.32 Å². The number of benzene rings is 1. The van der Waals surface area contributed by atoms with Gasteiger partial charge >= 0.3 is 6.18 Å². The highest BCUT2D eigenvalue weighted by atomic mass is 19.4. The molecule has 1 saturated carbocycles. The van der Waals surface area contributed by atoms with Gasteiger partial charge in [-0.1, -0.05) is 17.7 Å². The molecule has 3 rings (SSSR count). The van der Waals surface area contributed by atoms with E-state index < -0.39 is 11.9 Å². The van der Waals surface area contributed by atoms with Crippen molar-refractivity contribution in [3.05, 3.63) is 47.3 Å². The highest BCUT2D eigenvalue weighted by molar-refractivity contribution is 5.43. The molecule has 1 aliphatic rings. The third-order valence-corrected chi connectivity index (χ3v) is 3.52. The summed E-state index contributed by atoms with van der Waals surface area (Å²) in [7, 11) is 0. The lowest BCUT2D eigenvalue weighted by Crippen LogP contribution is -2.17. The molecule has 1 aromatic carbocycles. The molecular weight excluding hydrogens is 279 g/mol. The molecule has 0 radical (unpaired) electrons. The van der Waals surface area contributed by atoms with Crippen molar-refractivity contribution in [3.63, 3.8) is 0 Å². The van der Waals surface area contributed by atoms with Gasteiger partial charge in [0, 0.05) is 18.8 Å². The van der Waals surface area contributed by atoms with Crippen LogP contribution in [0.15, 0.2) is 30.5 Å². The van der Waals surface area contributed by atoms with Gasteiger partial charge in [0.15, 0.2) is 5.69 Å². The third kappa shape index (κ3) is 3.26. The number of nitrogens with one attached hydrogen (secondary N) is 1. The Morgan fingerprint density at radius 1 is 1.29 bits per heavy atom. The van der Waals surface area contributed by atoms with Crippen LogP contribution >= 0.6 is 0 Å². The Morgan fingerprint density at radius 2 is 2.05 bits per heavy atom. The first-order valence-corrected chi connectivity index (χ1v) is 6.89. The zero-order valence-electron chi connectivity index (χ0n) is 11.6. The summed E-state index contributed by atoms with van der Waals surface area (Å²) in [6.45, 7) is 2.61. The zero-order valence-corrected chi connectivity index (χ0v) is 11.6. The van der Waals surface area contributed by atoms with Crippen LogP contribution in [0.3, 0.4) is 0 Å². The smallest absolute Gasteiger partial charge is 0.310 e. The molecular formula is C15H16F3N3. The number of aryl methyl sites for hydroxylation is 1. The topological polar surface area (TPSA) is 29.9 Å². The normalized spacial score (nSPS) is 15.4. The molecule has 1 fully saturated rings. The van der Waals surface area contributed by atoms with Crippen LogP contribution in [-0.2, 0) is 12.7 Å². The van der Waals surface area contributed by atoms with Crippen molar-refractivity contribution in [2.75, 3.05) is 0 Å². The summed E-state index contributed by atoms with van der Waals surface area (Å²) in [6, 6.07) is 7.22. The van der Waals surface area contributed by atoms with Gasteiger partial charge in [0.2, 0.25) is 0 Å².